The summed E-state index contributed by atoms with van der Waals surface area (Å²) in [6.07, 6.45) is 4.62. The first kappa shape index (κ1) is 18.1. The molecule has 2 aromatic carbocycles. The lowest BCUT2D eigenvalue weighted by atomic mass is 10.0. The normalized spacial score (nSPS) is 16.3. The van der Waals surface area contributed by atoms with Gasteiger partial charge in [0.2, 0.25) is 0 Å². The fraction of sp³-hybridized carbons (Fsp3) is 0.318. The van der Waals surface area contributed by atoms with Crippen LogP contribution in [-0.2, 0) is 11.2 Å². The SMILES string of the molecule is C=CCc1ccc(OCC(=O)N2CCCC2c2ccccc2)c(OC)c1. The maximum Gasteiger partial charge on any atom is 0.261 e. The first-order valence-corrected chi connectivity index (χ1v) is 8.98. The van der Waals surface area contributed by atoms with Gasteiger partial charge >= 0.3 is 0 Å². The van der Waals surface area contributed by atoms with E-state index < -0.39 is 0 Å². The van der Waals surface area contributed by atoms with E-state index in [1.54, 1.807) is 7.11 Å². The van der Waals surface area contributed by atoms with Crippen LogP contribution in [0.25, 0.3) is 0 Å². The number of rotatable bonds is 7. The number of benzene rings is 2. The van der Waals surface area contributed by atoms with E-state index in [0.29, 0.717) is 11.5 Å². The molecule has 0 spiro atoms. The second kappa shape index (κ2) is 8.56. The number of hydrogen-bond donors (Lipinski definition) is 0. The molecule has 1 aliphatic rings. The predicted octanol–water partition coefficient (Wildman–Crippen LogP) is 4.17. The van der Waals surface area contributed by atoms with Crippen molar-refractivity contribution in [3.8, 4) is 11.5 Å². The Labute approximate surface area is 155 Å². The summed E-state index contributed by atoms with van der Waals surface area (Å²) in [6.45, 7) is 4.54. The summed E-state index contributed by atoms with van der Waals surface area (Å²) < 4.78 is 11.2. The lowest BCUT2D eigenvalue weighted by Gasteiger charge is -2.25. The summed E-state index contributed by atoms with van der Waals surface area (Å²) in [4.78, 5) is 14.6. The molecule has 3 rings (SSSR count). The summed E-state index contributed by atoms with van der Waals surface area (Å²) in [5, 5.41) is 0. The quantitative estimate of drug-likeness (QED) is 0.703. The molecule has 1 heterocycles. The van der Waals surface area contributed by atoms with Crippen LogP contribution in [0.15, 0.2) is 61.2 Å². The Kier molecular flexibility index (Phi) is 5.95. The highest BCUT2D eigenvalue weighted by atomic mass is 16.5. The third-order valence-electron chi connectivity index (χ3n) is 4.72. The van der Waals surface area contributed by atoms with E-state index in [4.69, 9.17) is 9.47 Å². The van der Waals surface area contributed by atoms with Gasteiger partial charge in [-0.05, 0) is 42.5 Å². The van der Waals surface area contributed by atoms with E-state index in [1.165, 1.54) is 5.56 Å². The molecule has 0 aromatic heterocycles. The number of nitrogens with zero attached hydrogens (tertiary/aromatic N) is 1. The van der Waals surface area contributed by atoms with Crippen LogP contribution in [-0.4, -0.2) is 31.1 Å². The molecule has 0 radical (unpaired) electrons. The van der Waals surface area contributed by atoms with E-state index >= 15 is 0 Å². The van der Waals surface area contributed by atoms with Gasteiger partial charge in [-0.25, -0.2) is 0 Å². The monoisotopic (exact) mass is 351 g/mol. The Bertz CT molecular complexity index is 757. The van der Waals surface area contributed by atoms with E-state index in [0.717, 1.165) is 31.4 Å². The zero-order valence-electron chi connectivity index (χ0n) is 15.2. The molecule has 26 heavy (non-hydrogen) atoms. The Morgan fingerprint density at radius 1 is 1.23 bits per heavy atom. The van der Waals surface area contributed by atoms with Crippen LogP contribution < -0.4 is 9.47 Å². The number of carbonyl (C=O) groups is 1. The number of hydrogen-bond acceptors (Lipinski definition) is 3. The minimum absolute atomic E-state index is 0.00794. The summed E-state index contributed by atoms with van der Waals surface area (Å²) in [5.41, 5.74) is 2.28. The lowest BCUT2D eigenvalue weighted by molar-refractivity contribution is -0.134. The highest BCUT2D eigenvalue weighted by molar-refractivity contribution is 5.78. The molecule has 4 nitrogen and oxygen atoms in total. The third-order valence-corrected chi connectivity index (χ3v) is 4.72. The van der Waals surface area contributed by atoms with Crippen LogP contribution in [0.2, 0.25) is 0 Å². The van der Waals surface area contributed by atoms with E-state index in [2.05, 4.69) is 18.7 Å². The van der Waals surface area contributed by atoms with Crippen molar-refractivity contribution >= 4 is 5.91 Å². The van der Waals surface area contributed by atoms with Crippen molar-refractivity contribution < 1.29 is 14.3 Å². The molecule has 1 unspecified atom stereocenters. The molecular formula is C22H25NO3. The number of likely N-dealkylation sites (tertiary alicyclic amines) is 1. The van der Waals surface area contributed by atoms with Crippen molar-refractivity contribution in [1.82, 2.24) is 4.90 Å². The molecule has 0 N–H and O–H groups in total. The average molecular weight is 351 g/mol. The molecule has 1 fully saturated rings. The van der Waals surface area contributed by atoms with Crippen LogP contribution >= 0.6 is 0 Å². The van der Waals surface area contributed by atoms with Crippen molar-refractivity contribution in [2.75, 3.05) is 20.3 Å². The second-order valence-electron chi connectivity index (χ2n) is 6.42. The number of carbonyl (C=O) groups excluding carboxylic acids is 1. The molecule has 1 saturated heterocycles. The van der Waals surface area contributed by atoms with Gasteiger partial charge in [0, 0.05) is 6.54 Å². The Morgan fingerprint density at radius 2 is 2.04 bits per heavy atom. The van der Waals surface area contributed by atoms with Crippen LogP contribution in [0.5, 0.6) is 11.5 Å². The van der Waals surface area contributed by atoms with Gasteiger partial charge < -0.3 is 14.4 Å². The molecular weight excluding hydrogens is 326 g/mol. The van der Waals surface area contributed by atoms with Crippen LogP contribution in [0, 0.1) is 0 Å². The summed E-state index contributed by atoms with van der Waals surface area (Å²) in [5.74, 6) is 1.23. The summed E-state index contributed by atoms with van der Waals surface area (Å²) >= 11 is 0. The molecule has 0 bridgehead atoms. The van der Waals surface area contributed by atoms with Gasteiger partial charge in [-0.1, -0.05) is 42.5 Å². The zero-order valence-corrected chi connectivity index (χ0v) is 15.2. The highest BCUT2D eigenvalue weighted by Crippen LogP contribution is 2.32. The van der Waals surface area contributed by atoms with Gasteiger partial charge in [0.05, 0.1) is 13.2 Å². The van der Waals surface area contributed by atoms with E-state index in [-0.39, 0.29) is 18.6 Å². The number of amides is 1. The van der Waals surface area contributed by atoms with E-state index in [1.807, 2.05) is 47.4 Å². The molecule has 0 saturated carbocycles. The Hall–Kier alpha value is -2.75. The van der Waals surface area contributed by atoms with E-state index in [9.17, 15) is 4.79 Å². The first-order chi connectivity index (χ1) is 12.7. The lowest BCUT2D eigenvalue weighted by Crippen LogP contribution is -2.34. The minimum atomic E-state index is 0.00794. The van der Waals surface area contributed by atoms with Crippen molar-refractivity contribution in [2.45, 2.75) is 25.3 Å². The number of methoxy groups -OCH3 is 1. The van der Waals surface area contributed by atoms with Gasteiger partial charge in [0.1, 0.15) is 0 Å². The topological polar surface area (TPSA) is 38.8 Å². The molecule has 4 heteroatoms. The van der Waals surface area contributed by atoms with Gasteiger partial charge in [-0.2, -0.15) is 0 Å². The number of allylic oxidation sites excluding steroid dienone is 1. The highest BCUT2D eigenvalue weighted by Gasteiger charge is 2.30. The van der Waals surface area contributed by atoms with Crippen molar-refractivity contribution in [3.63, 3.8) is 0 Å². The molecule has 1 amide bonds. The third kappa shape index (κ3) is 4.07. The van der Waals surface area contributed by atoms with Crippen molar-refractivity contribution in [1.29, 1.82) is 0 Å². The van der Waals surface area contributed by atoms with Gasteiger partial charge in [-0.15, -0.1) is 6.58 Å². The van der Waals surface area contributed by atoms with Gasteiger partial charge in [0.25, 0.3) is 5.91 Å². The fourth-order valence-corrected chi connectivity index (χ4v) is 3.43. The molecule has 2 aromatic rings. The maximum atomic E-state index is 12.7. The maximum absolute atomic E-state index is 12.7. The summed E-state index contributed by atoms with van der Waals surface area (Å²) in [6, 6.07) is 16.1. The first-order valence-electron chi connectivity index (χ1n) is 8.98. The van der Waals surface area contributed by atoms with Crippen molar-refractivity contribution in [2.24, 2.45) is 0 Å². The average Bonchev–Trinajstić information content (AvgIpc) is 3.17. The smallest absolute Gasteiger partial charge is 0.261 e. The largest absolute Gasteiger partial charge is 0.493 e. The molecule has 0 aliphatic carbocycles. The van der Waals surface area contributed by atoms with Crippen LogP contribution in [0.3, 0.4) is 0 Å². The standard InChI is InChI=1S/C22H25NO3/c1-3-8-17-12-13-20(21(15-17)25-2)26-16-22(24)23-14-7-11-19(23)18-9-5-4-6-10-18/h3-6,9-10,12-13,15,19H,1,7-8,11,14,16H2,2H3. The molecule has 136 valence electrons. The Balaban J connectivity index is 1.66. The number of ether oxygens (including phenoxy) is 2. The molecule has 1 atom stereocenters. The van der Waals surface area contributed by atoms with Crippen LogP contribution in [0.1, 0.15) is 30.0 Å². The van der Waals surface area contributed by atoms with Crippen molar-refractivity contribution in [3.05, 3.63) is 72.3 Å². The van der Waals surface area contributed by atoms with Crippen LogP contribution in [0.4, 0.5) is 0 Å². The minimum Gasteiger partial charge on any atom is -0.493 e. The zero-order chi connectivity index (χ0) is 18.4. The molecule has 1 aliphatic heterocycles. The van der Waals surface area contributed by atoms with Gasteiger partial charge in [-0.3, -0.25) is 4.79 Å². The predicted molar refractivity (Wildman–Crippen MR) is 103 cm³/mol. The summed E-state index contributed by atoms with van der Waals surface area (Å²) in [7, 11) is 1.60. The Morgan fingerprint density at radius 3 is 2.77 bits per heavy atom. The van der Waals surface area contributed by atoms with Gasteiger partial charge in [0.15, 0.2) is 18.1 Å². The fourth-order valence-electron chi connectivity index (χ4n) is 3.43. The second-order valence-corrected chi connectivity index (χ2v) is 6.42.